The first-order valence-electron chi connectivity index (χ1n) is 10.3. The summed E-state index contributed by atoms with van der Waals surface area (Å²) in [7, 11) is 0. The molecule has 2 aromatic heterocycles. The fraction of sp³-hybridized carbons (Fsp3) is 0.125. The fourth-order valence-corrected chi connectivity index (χ4v) is 3.48. The maximum atomic E-state index is 13.1. The van der Waals surface area contributed by atoms with Crippen LogP contribution in [0.25, 0.3) is 22.3 Å². The molecule has 2 aromatic carbocycles. The van der Waals surface area contributed by atoms with Crippen LogP contribution in [0.3, 0.4) is 0 Å². The Hall–Kier alpha value is -4.24. The zero-order valence-electron chi connectivity index (χ0n) is 18.1. The predicted octanol–water partition coefficient (Wildman–Crippen LogP) is 3.54. The fourth-order valence-electron chi connectivity index (χ4n) is 3.35. The molecule has 0 saturated heterocycles. The van der Waals surface area contributed by atoms with Crippen molar-refractivity contribution in [2.75, 3.05) is 0 Å². The van der Waals surface area contributed by atoms with Gasteiger partial charge in [-0.3, -0.25) is 10.1 Å². The number of carbonyl (C=O) groups is 3. The third-order valence-electron chi connectivity index (χ3n) is 5.04. The van der Waals surface area contributed by atoms with Crippen LogP contribution >= 0.6 is 11.6 Å². The van der Waals surface area contributed by atoms with E-state index in [1.165, 1.54) is 13.1 Å². The van der Waals surface area contributed by atoms with Crippen molar-refractivity contribution in [3.63, 3.8) is 0 Å². The Morgan fingerprint density at radius 3 is 2.50 bits per heavy atom. The number of imide groups is 1. The van der Waals surface area contributed by atoms with E-state index in [0.717, 1.165) is 11.1 Å². The van der Waals surface area contributed by atoms with E-state index in [4.69, 9.17) is 27.1 Å². The molecule has 34 heavy (non-hydrogen) atoms. The molecule has 0 aliphatic heterocycles. The minimum atomic E-state index is -1.24. The van der Waals surface area contributed by atoms with E-state index in [1.807, 2.05) is 47.8 Å². The quantitative estimate of drug-likeness (QED) is 0.408. The summed E-state index contributed by atoms with van der Waals surface area (Å²) in [6, 6.07) is 17.2. The molecule has 0 fully saturated rings. The SMILES string of the molecule is C[C@H](OC(=O)c1cc(-c2ccccc2)nc2c1cnn2Cc1ccc(Cl)cc1)C(=O)NC(N)=O. The number of carbonyl (C=O) groups excluding carboxylic acids is 3. The van der Waals surface area contributed by atoms with Gasteiger partial charge in [-0.1, -0.05) is 54.1 Å². The van der Waals surface area contributed by atoms with Gasteiger partial charge in [0.1, 0.15) is 0 Å². The maximum Gasteiger partial charge on any atom is 0.339 e. The van der Waals surface area contributed by atoms with Crippen molar-refractivity contribution >= 4 is 40.5 Å². The van der Waals surface area contributed by atoms with Crippen LogP contribution < -0.4 is 11.1 Å². The van der Waals surface area contributed by atoms with Crippen LogP contribution in [0.15, 0.2) is 66.9 Å². The van der Waals surface area contributed by atoms with Crippen LogP contribution in [0.1, 0.15) is 22.8 Å². The molecule has 4 rings (SSSR count). The number of urea groups is 1. The van der Waals surface area contributed by atoms with Gasteiger partial charge < -0.3 is 10.5 Å². The first-order valence-corrected chi connectivity index (χ1v) is 10.7. The van der Waals surface area contributed by atoms with Gasteiger partial charge in [-0.25, -0.2) is 19.3 Å². The van der Waals surface area contributed by atoms with Crippen LogP contribution in [0.2, 0.25) is 5.02 Å². The molecule has 0 aliphatic rings. The summed E-state index contributed by atoms with van der Waals surface area (Å²) in [6.07, 6.45) is 0.283. The van der Waals surface area contributed by atoms with Crippen molar-refractivity contribution in [1.82, 2.24) is 20.1 Å². The summed E-state index contributed by atoms with van der Waals surface area (Å²) < 4.78 is 6.97. The number of esters is 1. The van der Waals surface area contributed by atoms with Crippen molar-refractivity contribution in [3.05, 3.63) is 83.0 Å². The zero-order valence-corrected chi connectivity index (χ0v) is 18.8. The predicted molar refractivity (Wildman–Crippen MR) is 126 cm³/mol. The molecule has 0 saturated carbocycles. The Morgan fingerprint density at radius 2 is 1.82 bits per heavy atom. The van der Waals surface area contributed by atoms with Gasteiger partial charge in [0.05, 0.1) is 29.4 Å². The Morgan fingerprint density at radius 1 is 1.12 bits per heavy atom. The van der Waals surface area contributed by atoms with Gasteiger partial charge >= 0.3 is 12.0 Å². The van der Waals surface area contributed by atoms with Gasteiger partial charge in [0.25, 0.3) is 5.91 Å². The molecule has 0 unspecified atom stereocenters. The summed E-state index contributed by atoms with van der Waals surface area (Å²) in [6.45, 7) is 1.74. The highest BCUT2D eigenvalue weighted by atomic mass is 35.5. The third kappa shape index (κ3) is 5.05. The molecular formula is C24H20ClN5O4. The number of nitrogens with zero attached hydrogens (tertiary/aromatic N) is 3. The Bertz CT molecular complexity index is 1370. The highest BCUT2D eigenvalue weighted by Gasteiger charge is 2.24. The topological polar surface area (TPSA) is 129 Å². The highest BCUT2D eigenvalue weighted by Crippen LogP contribution is 2.26. The van der Waals surface area contributed by atoms with Crippen LogP contribution in [-0.2, 0) is 16.1 Å². The molecule has 0 radical (unpaired) electrons. The second kappa shape index (κ2) is 9.72. The number of rotatable bonds is 6. The van der Waals surface area contributed by atoms with Crippen molar-refractivity contribution in [3.8, 4) is 11.3 Å². The number of hydrogen-bond donors (Lipinski definition) is 2. The van der Waals surface area contributed by atoms with E-state index < -0.39 is 24.0 Å². The van der Waals surface area contributed by atoms with Gasteiger partial charge in [0, 0.05) is 10.6 Å². The third-order valence-corrected chi connectivity index (χ3v) is 5.30. The first kappa shape index (κ1) is 22.9. The number of amides is 3. The number of ether oxygens (including phenoxy) is 1. The van der Waals surface area contributed by atoms with Gasteiger partial charge in [-0.05, 0) is 30.7 Å². The van der Waals surface area contributed by atoms with Crippen LogP contribution in [0, 0.1) is 0 Å². The molecule has 10 heteroatoms. The number of aromatic nitrogens is 3. The normalized spacial score (nSPS) is 11.7. The standard InChI is InChI=1S/C24H20ClN5O4/c1-14(22(31)29-24(26)33)34-23(32)18-11-20(16-5-3-2-4-6-16)28-21-19(18)12-27-30(21)13-15-7-9-17(25)10-8-15/h2-12,14H,13H2,1H3,(H3,26,29,31,33)/t14-/m0/s1. The number of nitrogens with one attached hydrogen (secondary N) is 1. The lowest BCUT2D eigenvalue weighted by Gasteiger charge is -2.13. The number of fused-ring (bicyclic) bond motifs is 1. The van der Waals surface area contributed by atoms with E-state index in [9.17, 15) is 14.4 Å². The first-order chi connectivity index (χ1) is 16.3. The number of nitrogens with two attached hydrogens (primary N) is 1. The number of hydrogen-bond acceptors (Lipinski definition) is 6. The number of pyridine rings is 1. The molecule has 1 atom stereocenters. The monoisotopic (exact) mass is 477 g/mol. The lowest BCUT2D eigenvalue weighted by Crippen LogP contribution is -2.42. The summed E-state index contributed by atoms with van der Waals surface area (Å²) >= 11 is 5.98. The highest BCUT2D eigenvalue weighted by molar-refractivity contribution is 6.30. The molecule has 9 nitrogen and oxygen atoms in total. The molecule has 172 valence electrons. The minimum Gasteiger partial charge on any atom is -0.449 e. The van der Waals surface area contributed by atoms with Gasteiger partial charge in [0.2, 0.25) is 0 Å². The lowest BCUT2D eigenvalue weighted by atomic mass is 10.1. The van der Waals surface area contributed by atoms with Crippen molar-refractivity contribution in [2.45, 2.75) is 19.6 Å². The molecule has 3 N–H and O–H groups in total. The maximum absolute atomic E-state index is 13.1. The molecule has 0 aliphatic carbocycles. The van der Waals surface area contributed by atoms with Gasteiger partial charge in [-0.15, -0.1) is 0 Å². The number of primary amides is 1. The van der Waals surface area contributed by atoms with E-state index in [1.54, 1.807) is 22.9 Å². The second-order valence-corrected chi connectivity index (χ2v) is 7.92. The average molecular weight is 478 g/mol. The number of benzene rings is 2. The van der Waals surface area contributed by atoms with E-state index >= 15 is 0 Å². The summed E-state index contributed by atoms with van der Waals surface area (Å²) in [5, 5.41) is 7.39. The van der Waals surface area contributed by atoms with E-state index in [2.05, 4.69) is 5.10 Å². The molecule has 4 aromatic rings. The Labute approximate surface area is 199 Å². The minimum absolute atomic E-state index is 0.185. The largest absolute Gasteiger partial charge is 0.449 e. The van der Waals surface area contributed by atoms with Crippen molar-refractivity contribution in [1.29, 1.82) is 0 Å². The van der Waals surface area contributed by atoms with E-state index in [-0.39, 0.29) is 5.56 Å². The summed E-state index contributed by atoms with van der Waals surface area (Å²) in [5.41, 5.74) is 7.89. The van der Waals surface area contributed by atoms with E-state index in [0.29, 0.717) is 28.3 Å². The van der Waals surface area contributed by atoms with Gasteiger partial charge in [0.15, 0.2) is 11.8 Å². The zero-order chi connectivity index (χ0) is 24.2. The van der Waals surface area contributed by atoms with Crippen molar-refractivity contribution < 1.29 is 19.1 Å². The molecule has 3 amide bonds. The smallest absolute Gasteiger partial charge is 0.339 e. The summed E-state index contributed by atoms with van der Waals surface area (Å²) in [4.78, 5) is 40.7. The molecular weight excluding hydrogens is 458 g/mol. The number of halogens is 1. The van der Waals surface area contributed by atoms with Gasteiger partial charge in [-0.2, -0.15) is 5.10 Å². The Balaban J connectivity index is 1.75. The Kier molecular flexibility index (Phi) is 6.55. The van der Waals surface area contributed by atoms with Crippen molar-refractivity contribution in [2.24, 2.45) is 5.73 Å². The van der Waals surface area contributed by atoms with Crippen LogP contribution in [0.4, 0.5) is 4.79 Å². The van der Waals surface area contributed by atoms with Crippen LogP contribution in [-0.4, -0.2) is 38.8 Å². The second-order valence-electron chi connectivity index (χ2n) is 7.49. The van der Waals surface area contributed by atoms with Crippen LogP contribution in [0.5, 0.6) is 0 Å². The average Bonchev–Trinajstić information content (AvgIpc) is 3.22. The molecule has 0 spiro atoms. The molecule has 2 heterocycles. The lowest BCUT2D eigenvalue weighted by molar-refractivity contribution is -0.127. The summed E-state index contributed by atoms with van der Waals surface area (Å²) in [5.74, 6) is -1.59. The molecule has 0 bridgehead atoms.